The topological polar surface area (TPSA) is 97.8 Å². The van der Waals surface area contributed by atoms with Crippen LogP contribution in [0.4, 0.5) is 9.80 Å². The lowest BCUT2D eigenvalue weighted by Crippen LogP contribution is -2.36. The molecule has 156 valence electrons. The number of hydrogen-bond acceptors (Lipinski definition) is 8. The number of aromatic nitrogens is 1. The number of carbonyl (C=O) groups is 3. The van der Waals surface area contributed by atoms with Gasteiger partial charge < -0.3 is 19.7 Å². The van der Waals surface area contributed by atoms with Gasteiger partial charge in [0.25, 0.3) is 5.91 Å². The van der Waals surface area contributed by atoms with Crippen molar-refractivity contribution in [3.8, 4) is 0 Å². The van der Waals surface area contributed by atoms with Crippen molar-refractivity contribution in [2.45, 2.75) is 40.7 Å². The SMILES string of the molecule is CCOC(=O)c1c(NC(=O)c2sc(C)nc2C)sc2c1CCN(C(=O)OCC)C2. The van der Waals surface area contributed by atoms with Crippen LogP contribution >= 0.6 is 22.7 Å². The summed E-state index contributed by atoms with van der Waals surface area (Å²) in [5.74, 6) is -0.776. The average Bonchev–Trinajstić information content (AvgIpc) is 3.20. The monoisotopic (exact) mass is 437 g/mol. The molecule has 2 amide bonds. The second-order valence-corrected chi connectivity index (χ2v) is 8.71. The third-order valence-electron chi connectivity index (χ3n) is 4.40. The first kappa shape index (κ1) is 21.3. The summed E-state index contributed by atoms with van der Waals surface area (Å²) in [5.41, 5.74) is 1.85. The first-order valence-corrected chi connectivity index (χ1v) is 11.0. The number of fused-ring (bicyclic) bond motifs is 1. The van der Waals surface area contributed by atoms with Gasteiger partial charge >= 0.3 is 12.1 Å². The van der Waals surface area contributed by atoms with Gasteiger partial charge in [0.05, 0.1) is 36.0 Å². The van der Waals surface area contributed by atoms with E-state index in [1.54, 1.807) is 25.7 Å². The van der Waals surface area contributed by atoms with E-state index in [1.165, 1.54) is 22.7 Å². The average molecular weight is 438 g/mol. The molecular formula is C19H23N3O5S2. The molecule has 0 radical (unpaired) electrons. The number of nitrogens with one attached hydrogen (secondary N) is 1. The molecular weight excluding hydrogens is 414 g/mol. The molecule has 0 aliphatic carbocycles. The maximum atomic E-state index is 12.8. The van der Waals surface area contributed by atoms with Crippen LogP contribution < -0.4 is 5.32 Å². The molecule has 29 heavy (non-hydrogen) atoms. The molecule has 1 aliphatic heterocycles. The molecule has 2 aromatic heterocycles. The van der Waals surface area contributed by atoms with E-state index in [2.05, 4.69) is 10.3 Å². The van der Waals surface area contributed by atoms with Crippen molar-refractivity contribution in [2.75, 3.05) is 25.1 Å². The smallest absolute Gasteiger partial charge is 0.410 e. The van der Waals surface area contributed by atoms with E-state index < -0.39 is 5.97 Å². The number of rotatable bonds is 5. The molecule has 2 aromatic rings. The number of nitrogens with zero attached hydrogens (tertiary/aromatic N) is 2. The maximum absolute atomic E-state index is 12.8. The summed E-state index contributed by atoms with van der Waals surface area (Å²) in [6, 6.07) is 0. The number of hydrogen-bond donors (Lipinski definition) is 1. The van der Waals surface area contributed by atoms with E-state index in [-0.39, 0.29) is 18.6 Å². The highest BCUT2D eigenvalue weighted by molar-refractivity contribution is 7.17. The minimum Gasteiger partial charge on any atom is -0.462 e. The van der Waals surface area contributed by atoms with Crippen LogP contribution in [0.15, 0.2) is 0 Å². The number of aryl methyl sites for hydroxylation is 2. The van der Waals surface area contributed by atoms with Crippen molar-refractivity contribution in [1.82, 2.24) is 9.88 Å². The Morgan fingerprint density at radius 2 is 1.86 bits per heavy atom. The highest BCUT2D eigenvalue weighted by Crippen LogP contribution is 2.38. The van der Waals surface area contributed by atoms with E-state index in [4.69, 9.17) is 9.47 Å². The van der Waals surface area contributed by atoms with E-state index in [0.717, 1.165) is 15.4 Å². The summed E-state index contributed by atoms with van der Waals surface area (Å²) in [5, 5.41) is 4.10. The van der Waals surface area contributed by atoms with Gasteiger partial charge in [0.15, 0.2) is 0 Å². The molecule has 0 saturated heterocycles. The Morgan fingerprint density at radius 3 is 2.48 bits per heavy atom. The minimum absolute atomic E-state index is 0.235. The molecule has 1 N–H and O–H groups in total. The Kier molecular flexibility index (Phi) is 6.53. The van der Waals surface area contributed by atoms with Crippen molar-refractivity contribution in [1.29, 1.82) is 0 Å². The molecule has 0 atom stereocenters. The van der Waals surface area contributed by atoms with E-state index in [1.807, 2.05) is 6.92 Å². The van der Waals surface area contributed by atoms with E-state index >= 15 is 0 Å². The van der Waals surface area contributed by atoms with Gasteiger partial charge in [0, 0.05) is 11.4 Å². The van der Waals surface area contributed by atoms with Crippen LogP contribution in [0.1, 0.15) is 55.0 Å². The summed E-state index contributed by atoms with van der Waals surface area (Å²) in [7, 11) is 0. The third-order valence-corrected chi connectivity index (χ3v) is 6.60. The van der Waals surface area contributed by atoms with Gasteiger partial charge in [-0.05, 0) is 39.7 Å². The van der Waals surface area contributed by atoms with Gasteiger partial charge in [-0.2, -0.15) is 0 Å². The molecule has 0 aromatic carbocycles. The number of carbonyl (C=O) groups excluding carboxylic acids is 3. The largest absolute Gasteiger partial charge is 0.462 e. The van der Waals surface area contributed by atoms with Crippen LogP contribution in [-0.2, 0) is 22.4 Å². The van der Waals surface area contributed by atoms with E-state index in [9.17, 15) is 14.4 Å². The van der Waals surface area contributed by atoms with E-state index in [0.29, 0.717) is 47.3 Å². The zero-order valence-corrected chi connectivity index (χ0v) is 18.4. The Bertz CT molecular complexity index is 950. The van der Waals surface area contributed by atoms with Gasteiger partial charge in [-0.1, -0.05) is 0 Å². The highest BCUT2D eigenvalue weighted by atomic mass is 32.1. The molecule has 0 saturated carbocycles. The predicted molar refractivity (Wildman–Crippen MR) is 111 cm³/mol. The molecule has 10 heteroatoms. The zero-order chi connectivity index (χ0) is 21.1. The van der Waals surface area contributed by atoms with Crippen molar-refractivity contribution in [3.05, 3.63) is 31.6 Å². The molecule has 0 unspecified atom stereocenters. The fourth-order valence-electron chi connectivity index (χ4n) is 3.18. The quantitative estimate of drug-likeness (QED) is 0.715. The Labute approximate surface area is 176 Å². The molecule has 3 rings (SSSR count). The number of esters is 1. The molecule has 8 nitrogen and oxygen atoms in total. The lowest BCUT2D eigenvalue weighted by Gasteiger charge is -2.26. The minimum atomic E-state index is -0.470. The number of ether oxygens (including phenoxy) is 2. The standard InChI is InChI=1S/C19H23N3O5S2/c1-5-26-18(24)14-12-7-8-22(19(25)27-6-2)9-13(12)29-17(14)21-16(23)15-10(3)20-11(4)28-15/h5-9H2,1-4H3,(H,21,23). The lowest BCUT2D eigenvalue weighted by atomic mass is 10.0. The lowest BCUT2D eigenvalue weighted by molar-refractivity contribution is 0.0526. The number of anilines is 1. The summed E-state index contributed by atoms with van der Waals surface area (Å²) in [6.45, 7) is 8.42. The molecule has 0 spiro atoms. The second-order valence-electron chi connectivity index (χ2n) is 6.40. The summed E-state index contributed by atoms with van der Waals surface area (Å²) in [4.78, 5) is 44.7. The molecule has 3 heterocycles. The van der Waals surface area contributed by atoms with Crippen LogP contribution in [0.3, 0.4) is 0 Å². The van der Waals surface area contributed by atoms with Crippen molar-refractivity contribution < 1.29 is 23.9 Å². The van der Waals surface area contributed by atoms with Crippen molar-refractivity contribution in [3.63, 3.8) is 0 Å². The van der Waals surface area contributed by atoms with Crippen LogP contribution in [0.5, 0.6) is 0 Å². The van der Waals surface area contributed by atoms with Crippen LogP contribution in [-0.4, -0.2) is 47.6 Å². The van der Waals surface area contributed by atoms with Crippen molar-refractivity contribution in [2.24, 2.45) is 0 Å². The van der Waals surface area contributed by atoms with Crippen LogP contribution in [0, 0.1) is 13.8 Å². The van der Waals surface area contributed by atoms with Gasteiger partial charge in [-0.3, -0.25) is 4.79 Å². The number of amides is 2. The predicted octanol–water partition coefficient (Wildman–Crippen LogP) is 3.77. The Hall–Kier alpha value is -2.46. The maximum Gasteiger partial charge on any atom is 0.410 e. The zero-order valence-electron chi connectivity index (χ0n) is 16.8. The van der Waals surface area contributed by atoms with Crippen molar-refractivity contribution >= 4 is 45.6 Å². The summed E-state index contributed by atoms with van der Waals surface area (Å²) >= 11 is 2.60. The van der Waals surface area contributed by atoms with Crippen LogP contribution in [0.2, 0.25) is 0 Å². The summed E-state index contributed by atoms with van der Waals surface area (Å²) in [6.07, 6.45) is 0.110. The first-order valence-electron chi connectivity index (χ1n) is 9.34. The second kappa shape index (κ2) is 8.91. The number of thiophene rings is 1. The van der Waals surface area contributed by atoms with Gasteiger partial charge in [-0.25, -0.2) is 14.6 Å². The van der Waals surface area contributed by atoms with Gasteiger partial charge in [-0.15, -0.1) is 22.7 Å². The highest BCUT2D eigenvalue weighted by Gasteiger charge is 2.32. The third kappa shape index (κ3) is 4.43. The fraction of sp³-hybridized carbons (Fsp3) is 0.474. The first-order chi connectivity index (χ1) is 13.8. The van der Waals surface area contributed by atoms with Crippen LogP contribution in [0.25, 0.3) is 0 Å². The number of thiazole rings is 1. The van der Waals surface area contributed by atoms with Gasteiger partial charge in [0.1, 0.15) is 9.88 Å². The molecule has 0 fully saturated rings. The summed E-state index contributed by atoms with van der Waals surface area (Å²) < 4.78 is 10.3. The van der Waals surface area contributed by atoms with Gasteiger partial charge in [0.2, 0.25) is 0 Å². The molecule has 0 bridgehead atoms. The molecule has 1 aliphatic rings. The Morgan fingerprint density at radius 1 is 1.14 bits per heavy atom. The normalized spacial score (nSPS) is 13.0. The fourth-order valence-corrected chi connectivity index (χ4v) is 5.24. The Balaban J connectivity index is 1.92.